The van der Waals surface area contributed by atoms with Crippen LogP contribution in [-0.2, 0) is 11.2 Å². The fourth-order valence-corrected chi connectivity index (χ4v) is 4.12. The molecule has 6 nitrogen and oxygen atoms in total. The van der Waals surface area contributed by atoms with Crippen molar-refractivity contribution >= 4 is 23.1 Å². The van der Waals surface area contributed by atoms with Gasteiger partial charge in [0, 0.05) is 12.6 Å². The van der Waals surface area contributed by atoms with Gasteiger partial charge in [-0.15, -0.1) is 0 Å². The van der Waals surface area contributed by atoms with Crippen LogP contribution < -0.4 is 9.64 Å². The fourth-order valence-electron chi connectivity index (χ4n) is 4.12. The maximum atomic E-state index is 11.3. The van der Waals surface area contributed by atoms with E-state index in [1.807, 2.05) is 48.5 Å². The predicted octanol–water partition coefficient (Wildman–Crippen LogP) is 5.45. The second-order valence-electron chi connectivity index (χ2n) is 8.76. The van der Waals surface area contributed by atoms with E-state index in [0.717, 1.165) is 42.5 Å². The molecule has 1 aliphatic carbocycles. The SMILES string of the molecule is CC(C)(Oc1ccc(CCN(c2nc3ccccc3o2)C2CCCCC2)cc1)C(=O)O. The topological polar surface area (TPSA) is 75.8 Å². The molecule has 0 saturated heterocycles. The van der Waals surface area contributed by atoms with Gasteiger partial charge < -0.3 is 19.2 Å². The molecule has 0 radical (unpaired) electrons. The third kappa shape index (κ3) is 5.01. The van der Waals surface area contributed by atoms with Crippen molar-refractivity contribution in [3.05, 3.63) is 54.1 Å². The van der Waals surface area contributed by atoms with Crippen LogP contribution in [-0.4, -0.2) is 34.2 Å². The Kier molecular flexibility index (Phi) is 6.16. The summed E-state index contributed by atoms with van der Waals surface area (Å²) in [4.78, 5) is 18.4. The summed E-state index contributed by atoms with van der Waals surface area (Å²) < 4.78 is 11.7. The first-order valence-electron chi connectivity index (χ1n) is 11.1. The van der Waals surface area contributed by atoms with E-state index in [0.29, 0.717) is 17.8 Å². The number of aliphatic carboxylic acids is 1. The van der Waals surface area contributed by atoms with Crippen molar-refractivity contribution in [2.45, 2.75) is 64.0 Å². The van der Waals surface area contributed by atoms with E-state index in [4.69, 9.17) is 14.1 Å². The monoisotopic (exact) mass is 422 g/mol. The van der Waals surface area contributed by atoms with Gasteiger partial charge in [0.05, 0.1) is 0 Å². The molecule has 1 aromatic heterocycles. The summed E-state index contributed by atoms with van der Waals surface area (Å²) in [5.41, 5.74) is 1.62. The third-order valence-corrected chi connectivity index (χ3v) is 6.00. The van der Waals surface area contributed by atoms with Gasteiger partial charge in [-0.2, -0.15) is 4.98 Å². The second kappa shape index (κ2) is 9.00. The Bertz CT molecular complexity index is 986. The summed E-state index contributed by atoms with van der Waals surface area (Å²) in [7, 11) is 0. The van der Waals surface area contributed by atoms with Gasteiger partial charge in [-0.25, -0.2) is 4.79 Å². The number of nitrogens with zero attached hydrogens (tertiary/aromatic N) is 2. The minimum atomic E-state index is -1.26. The van der Waals surface area contributed by atoms with E-state index < -0.39 is 11.6 Å². The van der Waals surface area contributed by atoms with Crippen LogP contribution in [0.2, 0.25) is 0 Å². The molecule has 4 rings (SSSR count). The zero-order chi connectivity index (χ0) is 21.8. The number of rotatable bonds is 8. The lowest BCUT2D eigenvalue weighted by Gasteiger charge is -2.33. The van der Waals surface area contributed by atoms with Crippen molar-refractivity contribution in [2.24, 2.45) is 0 Å². The second-order valence-corrected chi connectivity index (χ2v) is 8.76. The van der Waals surface area contributed by atoms with Gasteiger partial charge >= 0.3 is 5.97 Å². The Morgan fingerprint density at radius 1 is 1.13 bits per heavy atom. The van der Waals surface area contributed by atoms with Gasteiger partial charge in [0.25, 0.3) is 6.01 Å². The molecule has 0 bridgehead atoms. The molecule has 1 saturated carbocycles. The van der Waals surface area contributed by atoms with E-state index in [2.05, 4.69) is 4.90 Å². The number of benzene rings is 2. The van der Waals surface area contributed by atoms with Crippen molar-refractivity contribution in [3.63, 3.8) is 0 Å². The number of oxazole rings is 1. The minimum absolute atomic E-state index is 0.445. The van der Waals surface area contributed by atoms with Crippen LogP contribution in [0.15, 0.2) is 52.9 Å². The van der Waals surface area contributed by atoms with Crippen LogP contribution >= 0.6 is 0 Å². The first kappa shape index (κ1) is 21.2. The molecular weight excluding hydrogens is 392 g/mol. The van der Waals surface area contributed by atoms with Crippen LogP contribution in [0.1, 0.15) is 51.5 Å². The van der Waals surface area contributed by atoms with Crippen LogP contribution in [0.25, 0.3) is 11.1 Å². The van der Waals surface area contributed by atoms with Gasteiger partial charge in [0.15, 0.2) is 11.2 Å². The van der Waals surface area contributed by atoms with Crippen LogP contribution in [0.5, 0.6) is 5.75 Å². The fraction of sp³-hybridized carbons (Fsp3) is 0.440. The highest BCUT2D eigenvalue weighted by Crippen LogP contribution is 2.30. The number of anilines is 1. The highest BCUT2D eigenvalue weighted by atomic mass is 16.5. The number of hydrogen-bond donors (Lipinski definition) is 1. The quantitative estimate of drug-likeness (QED) is 0.520. The molecule has 3 aromatic rings. The average Bonchev–Trinajstić information content (AvgIpc) is 3.19. The van der Waals surface area contributed by atoms with Gasteiger partial charge in [0.1, 0.15) is 11.3 Å². The van der Waals surface area contributed by atoms with Crippen molar-refractivity contribution in [1.29, 1.82) is 0 Å². The lowest BCUT2D eigenvalue weighted by Crippen LogP contribution is -2.38. The Hall–Kier alpha value is -3.02. The zero-order valence-corrected chi connectivity index (χ0v) is 18.2. The summed E-state index contributed by atoms with van der Waals surface area (Å²) in [6.45, 7) is 3.91. The third-order valence-electron chi connectivity index (χ3n) is 6.00. The van der Waals surface area contributed by atoms with Crippen molar-refractivity contribution in [1.82, 2.24) is 4.98 Å². The van der Waals surface area contributed by atoms with Crippen molar-refractivity contribution < 1.29 is 19.1 Å². The molecule has 6 heteroatoms. The highest BCUT2D eigenvalue weighted by Gasteiger charge is 2.29. The standard InChI is InChI=1S/C25H30N2O4/c1-25(2,23(28)29)31-20-14-12-18(13-15-20)16-17-27(19-8-4-3-5-9-19)24-26-21-10-6-7-11-22(21)30-24/h6-7,10-15,19H,3-5,8-9,16-17H2,1-2H3,(H,28,29). The van der Waals surface area contributed by atoms with Gasteiger partial charge in [-0.3, -0.25) is 0 Å². The van der Waals surface area contributed by atoms with Crippen LogP contribution in [0, 0.1) is 0 Å². The number of carbonyl (C=O) groups is 1. The normalized spacial score (nSPS) is 15.2. The molecule has 1 aliphatic rings. The van der Waals surface area contributed by atoms with Crippen LogP contribution in [0.4, 0.5) is 6.01 Å². The van der Waals surface area contributed by atoms with E-state index in [1.165, 1.54) is 19.3 Å². The summed E-state index contributed by atoms with van der Waals surface area (Å²) in [5.74, 6) is -0.433. The highest BCUT2D eigenvalue weighted by molar-refractivity contribution is 5.76. The number of para-hydroxylation sites is 2. The Labute approximate surface area is 182 Å². The zero-order valence-electron chi connectivity index (χ0n) is 18.2. The van der Waals surface area contributed by atoms with Crippen molar-refractivity contribution in [2.75, 3.05) is 11.4 Å². The Morgan fingerprint density at radius 2 is 1.84 bits per heavy atom. The summed E-state index contributed by atoms with van der Waals surface area (Å²) in [6, 6.07) is 16.7. The Morgan fingerprint density at radius 3 is 2.52 bits per heavy atom. The first-order chi connectivity index (χ1) is 14.9. The molecule has 0 unspecified atom stereocenters. The van der Waals surface area contributed by atoms with Gasteiger partial charge in [-0.1, -0.05) is 43.5 Å². The molecule has 31 heavy (non-hydrogen) atoms. The molecule has 0 spiro atoms. The number of ether oxygens (including phenoxy) is 1. The molecule has 1 fully saturated rings. The van der Waals surface area contributed by atoms with Crippen LogP contribution in [0.3, 0.4) is 0 Å². The number of aromatic nitrogens is 1. The average molecular weight is 423 g/mol. The first-order valence-corrected chi connectivity index (χ1v) is 11.1. The lowest BCUT2D eigenvalue weighted by molar-refractivity contribution is -0.152. The number of fused-ring (bicyclic) bond motifs is 1. The summed E-state index contributed by atoms with van der Waals surface area (Å²) in [5, 5.41) is 9.24. The molecule has 1 N–H and O–H groups in total. The van der Waals surface area contributed by atoms with Gasteiger partial charge in [0.2, 0.25) is 0 Å². The minimum Gasteiger partial charge on any atom is -0.478 e. The molecule has 2 aromatic carbocycles. The van der Waals surface area contributed by atoms with E-state index in [1.54, 1.807) is 13.8 Å². The van der Waals surface area contributed by atoms with E-state index in [-0.39, 0.29) is 0 Å². The molecular formula is C25H30N2O4. The summed E-state index contributed by atoms with van der Waals surface area (Å²) >= 11 is 0. The molecule has 0 atom stereocenters. The molecule has 0 aliphatic heterocycles. The number of carboxylic acid groups (broad SMARTS) is 1. The summed E-state index contributed by atoms with van der Waals surface area (Å²) in [6.07, 6.45) is 6.95. The number of carboxylic acids is 1. The Balaban J connectivity index is 1.48. The maximum absolute atomic E-state index is 11.3. The molecule has 0 amide bonds. The predicted molar refractivity (Wildman–Crippen MR) is 121 cm³/mol. The maximum Gasteiger partial charge on any atom is 0.347 e. The van der Waals surface area contributed by atoms with Gasteiger partial charge in [-0.05, 0) is 62.9 Å². The van der Waals surface area contributed by atoms with E-state index in [9.17, 15) is 9.90 Å². The smallest absolute Gasteiger partial charge is 0.347 e. The van der Waals surface area contributed by atoms with Crippen molar-refractivity contribution in [3.8, 4) is 5.75 Å². The number of hydrogen-bond acceptors (Lipinski definition) is 5. The molecule has 1 heterocycles. The largest absolute Gasteiger partial charge is 0.478 e. The lowest BCUT2D eigenvalue weighted by atomic mass is 9.94. The molecule has 164 valence electrons. The van der Waals surface area contributed by atoms with E-state index >= 15 is 0 Å².